The van der Waals surface area contributed by atoms with Crippen LogP contribution in [-0.4, -0.2) is 29.1 Å². The summed E-state index contributed by atoms with van der Waals surface area (Å²) in [6.07, 6.45) is 53.1. The number of hydrogen-bond donors (Lipinski definition) is 0. The highest BCUT2D eigenvalue weighted by molar-refractivity contribution is 4.96. The van der Waals surface area contributed by atoms with E-state index in [0.29, 0.717) is 6.17 Å². The zero-order valence-corrected chi connectivity index (χ0v) is 30.4. The summed E-state index contributed by atoms with van der Waals surface area (Å²) in [6, 6.07) is 0. The van der Waals surface area contributed by atoms with Gasteiger partial charge in [0.15, 0.2) is 0 Å². The molecule has 1 atom stereocenters. The van der Waals surface area contributed by atoms with Gasteiger partial charge in [-0.05, 0) is 25.7 Å². The van der Waals surface area contributed by atoms with Crippen LogP contribution in [0, 0.1) is 0 Å². The first-order valence-corrected chi connectivity index (χ1v) is 20.5. The third-order valence-corrected chi connectivity index (χ3v) is 10.0. The molecule has 0 fully saturated rings. The molecule has 43 heavy (non-hydrogen) atoms. The fourth-order valence-corrected chi connectivity index (χ4v) is 7.14. The molecule has 0 aliphatic carbocycles. The second kappa shape index (κ2) is 32.7. The lowest BCUT2D eigenvalue weighted by atomic mass is 10.0. The number of hydrogen-bond acceptors (Lipinski definition) is 2. The van der Waals surface area contributed by atoms with Crippen LogP contribution < -0.4 is 0 Å². The Morgan fingerprint density at radius 1 is 0.302 bits per heavy atom. The summed E-state index contributed by atoms with van der Waals surface area (Å²) in [4.78, 5) is 5.32. The summed E-state index contributed by atoms with van der Waals surface area (Å²) in [5.74, 6) is 0. The van der Waals surface area contributed by atoms with E-state index in [2.05, 4.69) is 43.0 Å². The summed E-state index contributed by atoms with van der Waals surface area (Å²) in [6.45, 7) is 9.43. The molecule has 2 nitrogen and oxygen atoms in total. The van der Waals surface area contributed by atoms with Crippen LogP contribution in [0.15, 0.2) is 12.4 Å². The third kappa shape index (κ3) is 25.2. The van der Waals surface area contributed by atoms with E-state index in [1.54, 1.807) is 0 Å². The second-order valence-electron chi connectivity index (χ2n) is 14.3. The van der Waals surface area contributed by atoms with Gasteiger partial charge in [0.05, 0.1) is 0 Å². The highest BCUT2D eigenvalue weighted by Gasteiger charge is 2.24. The first-order valence-electron chi connectivity index (χ1n) is 20.5. The van der Waals surface area contributed by atoms with E-state index in [9.17, 15) is 0 Å². The highest BCUT2D eigenvalue weighted by Crippen LogP contribution is 2.23. The molecular formula is C41H82N2. The predicted molar refractivity (Wildman–Crippen MR) is 196 cm³/mol. The monoisotopic (exact) mass is 603 g/mol. The number of nitrogens with zero attached hydrogens (tertiary/aromatic N) is 2. The van der Waals surface area contributed by atoms with E-state index < -0.39 is 0 Å². The maximum atomic E-state index is 2.68. The van der Waals surface area contributed by atoms with Crippen LogP contribution in [0.4, 0.5) is 0 Å². The van der Waals surface area contributed by atoms with Gasteiger partial charge in [0, 0.05) is 25.5 Å². The Morgan fingerprint density at radius 2 is 0.581 bits per heavy atom. The molecule has 0 aromatic rings. The minimum absolute atomic E-state index is 0.637. The summed E-state index contributed by atoms with van der Waals surface area (Å²) in [5.41, 5.74) is 0. The van der Waals surface area contributed by atoms with Crippen molar-refractivity contribution >= 4 is 0 Å². The number of unbranched alkanes of at least 4 members (excludes halogenated alkanes) is 29. The lowest BCUT2D eigenvalue weighted by molar-refractivity contribution is 0.137. The Morgan fingerprint density at radius 3 is 0.907 bits per heavy atom. The molecule has 0 radical (unpaired) electrons. The smallest absolute Gasteiger partial charge is 0.101 e. The van der Waals surface area contributed by atoms with Crippen molar-refractivity contribution in [1.29, 1.82) is 0 Å². The van der Waals surface area contributed by atoms with Crippen molar-refractivity contribution in [3.05, 3.63) is 12.4 Å². The minimum Gasteiger partial charge on any atom is -0.356 e. The topological polar surface area (TPSA) is 6.48 Å². The predicted octanol–water partition coefficient (Wildman–Crippen LogP) is 14.3. The van der Waals surface area contributed by atoms with Crippen LogP contribution in [0.5, 0.6) is 0 Å². The molecule has 1 rings (SSSR count). The van der Waals surface area contributed by atoms with Crippen LogP contribution in [0.25, 0.3) is 0 Å². The van der Waals surface area contributed by atoms with Crippen molar-refractivity contribution in [2.75, 3.05) is 13.1 Å². The molecule has 0 aromatic carbocycles. The van der Waals surface area contributed by atoms with Gasteiger partial charge in [0.1, 0.15) is 6.17 Å². The summed E-state index contributed by atoms with van der Waals surface area (Å²) >= 11 is 0. The quantitative estimate of drug-likeness (QED) is 0.0666. The lowest BCUT2D eigenvalue weighted by Crippen LogP contribution is -2.39. The van der Waals surface area contributed by atoms with E-state index in [-0.39, 0.29) is 0 Å². The molecule has 0 aromatic heterocycles. The highest BCUT2D eigenvalue weighted by atomic mass is 15.4. The van der Waals surface area contributed by atoms with E-state index in [0.717, 1.165) is 0 Å². The number of rotatable bonds is 35. The molecule has 0 N–H and O–H groups in total. The van der Waals surface area contributed by atoms with Gasteiger partial charge in [-0.15, -0.1) is 0 Å². The third-order valence-electron chi connectivity index (χ3n) is 10.0. The fraction of sp³-hybridized carbons (Fsp3) is 0.951. The summed E-state index contributed by atoms with van der Waals surface area (Å²) in [5, 5.41) is 0. The van der Waals surface area contributed by atoms with Crippen molar-refractivity contribution in [1.82, 2.24) is 9.80 Å². The molecule has 1 aliphatic heterocycles. The molecule has 256 valence electrons. The fourth-order valence-electron chi connectivity index (χ4n) is 7.14. The Hall–Kier alpha value is -0.660. The van der Waals surface area contributed by atoms with E-state index in [1.165, 1.54) is 225 Å². The van der Waals surface area contributed by atoms with E-state index in [1.807, 2.05) is 0 Å². The SMILES string of the molecule is CCCCCCCCCCCCCCCCCCCC1N(CCC)C=CN1CCCCCCCCCCCCCCCC. The van der Waals surface area contributed by atoms with Gasteiger partial charge in [-0.25, -0.2) is 0 Å². The van der Waals surface area contributed by atoms with Gasteiger partial charge < -0.3 is 9.80 Å². The first-order chi connectivity index (χ1) is 21.3. The van der Waals surface area contributed by atoms with E-state index >= 15 is 0 Å². The van der Waals surface area contributed by atoms with Gasteiger partial charge in [-0.1, -0.05) is 207 Å². The Kier molecular flexibility index (Phi) is 30.7. The standard InChI is InChI=1S/C41H82N2/c1-4-7-9-11-13-15-17-19-21-22-23-24-26-28-30-32-34-36-41-42(37-6-3)39-40-43(41)38-35-33-31-29-27-25-20-18-16-14-12-10-8-5-2/h39-41H,4-38H2,1-3H3. The minimum atomic E-state index is 0.637. The normalized spacial score (nSPS) is 14.9. The molecule has 2 heteroatoms. The van der Waals surface area contributed by atoms with Gasteiger partial charge >= 0.3 is 0 Å². The Labute approximate surface area is 273 Å². The summed E-state index contributed by atoms with van der Waals surface area (Å²) < 4.78 is 0. The molecular weight excluding hydrogens is 520 g/mol. The second-order valence-corrected chi connectivity index (χ2v) is 14.3. The van der Waals surface area contributed by atoms with Crippen molar-refractivity contribution in [2.45, 2.75) is 239 Å². The van der Waals surface area contributed by atoms with Gasteiger partial charge in [-0.2, -0.15) is 0 Å². The van der Waals surface area contributed by atoms with Crippen LogP contribution in [0.1, 0.15) is 233 Å². The van der Waals surface area contributed by atoms with Crippen molar-refractivity contribution in [3.8, 4) is 0 Å². The molecule has 0 saturated heterocycles. The van der Waals surface area contributed by atoms with Crippen LogP contribution in [0.3, 0.4) is 0 Å². The van der Waals surface area contributed by atoms with Crippen molar-refractivity contribution in [2.24, 2.45) is 0 Å². The molecule has 0 saturated carbocycles. The Bertz CT molecular complexity index is 558. The zero-order valence-electron chi connectivity index (χ0n) is 30.4. The first kappa shape index (κ1) is 40.4. The van der Waals surface area contributed by atoms with Crippen LogP contribution in [-0.2, 0) is 0 Å². The zero-order chi connectivity index (χ0) is 30.9. The molecule has 1 heterocycles. The average molecular weight is 603 g/mol. The molecule has 1 aliphatic rings. The van der Waals surface area contributed by atoms with Crippen LogP contribution in [0.2, 0.25) is 0 Å². The largest absolute Gasteiger partial charge is 0.356 e. The molecule has 1 unspecified atom stereocenters. The molecule has 0 amide bonds. The van der Waals surface area contributed by atoms with Crippen molar-refractivity contribution < 1.29 is 0 Å². The van der Waals surface area contributed by atoms with Gasteiger partial charge in [-0.3, -0.25) is 0 Å². The Balaban J connectivity index is 1.95. The molecule has 0 bridgehead atoms. The van der Waals surface area contributed by atoms with Crippen molar-refractivity contribution in [3.63, 3.8) is 0 Å². The van der Waals surface area contributed by atoms with E-state index in [4.69, 9.17) is 0 Å². The lowest BCUT2D eigenvalue weighted by Gasteiger charge is -2.33. The van der Waals surface area contributed by atoms with Gasteiger partial charge in [0.2, 0.25) is 0 Å². The molecule has 0 spiro atoms. The van der Waals surface area contributed by atoms with Crippen LogP contribution >= 0.6 is 0 Å². The van der Waals surface area contributed by atoms with Gasteiger partial charge in [0.25, 0.3) is 0 Å². The average Bonchev–Trinajstić information content (AvgIpc) is 3.39. The maximum absolute atomic E-state index is 2.68. The maximum Gasteiger partial charge on any atom is 0.101 e. The summed E-state index contributed by atoms with van der Waals surface area (Å²) in [7, 11) is 0.